The van der Waals surface area contributed by atoms with E-state index in [0.717, 1.165) is 28.7 Å². The number of hydrogen-bond donors (Lipinski definition) is 0. The molecule has 0 saturated heterocycles. The molecule has 0 fully saturated rings. The molecule has 0 aliphatic carbocycles. The van der Waals surface area contributed by atoms with Gasteiger partial charge in [0.05, 0.1) is 22.2 Å². The van der Waals surface area contributed by atoms with Gasteiger partial charge >= 0.3 is 11.0 Å². The molecule has 11 heteroatoms. The number of carbonyl (C=O) groups excluding carboxylic acids is 2. The number of aromatic nitrogens is 1. The lowest BCUT2D eigenvalue weighted by atomic mass is 10.3. The maximum atomic E-state index is 14.2. The Hall–Kier alpha value is -3.18. The number of ether oxygens (including phenoxy) is 1. The van der Waals surface area contributed by atoms with Crippen molar-refractivity contribution in [1.29, 1.82) is 0 Å². The molecule has 0 aliphatic heterocycles. The lowest BCUT2D eigenvalue weighted by Gasteiger charge is -2.03. The number of thiazole rings is 1. The molecule has 8 nitrogen and oxygen atoms in total. The number of para-hydroxylation sites is 1. The SMILES string of the molecule is COC(=O)Cn1c(=NC(=O)C=Cc2ccc([N+](=O)[O-])s2)sc2cccc(F)c21. The van der Waals surface area contributed by atoms with Crippen LogP contribution in [0.15, 0.2) is 41.4 Å². The van der Waals surface area contributed by atoms with Gasteiger partial charge in [-0.2, -0.15) is 4.99 Å². The van der Waals surface area contributed by atoms with Gasteiger partial charge < -0.3 is 9.30 Å². The third-order valence-electron chi connectivity index (χ3n) is 3.56. The Kier molecular flexibility index (Phi) is 5.76. The van der Waals surface area contributed by atoms with E-state index >= 15 is 0 Å². The lowest BCUT2D eigenvalue weighted by Crippen LogP contribution is -2.22. The molecule has 0 saturated carbocycles. The number of methoxy groups -OCH3 is 1. The minimum absolute atomic E-state index is 0.0417. The number of esters is 1. The normalized spacial score (nSPS) is 12.0. The zero-order valence-electron chi connectivity index (χ0n) is 14.3. The number of rotatable bonds is 5. The average Bonchev–Trinajstić information content (AvgIpc) is 3.26. The quantitative estimate of drug-likeness (QED) is 0.272. The van der Waals surface area contributed by atoms with Gasteiger partial charge in [-0.1, -0.05) is 28.7 Å². The summed E-state index contributed by atoms with van der Waals surface area (Å²) in [7, 11) is 1.21. The first kappa shape index (κ1) is 19.6. The molecule has 3 aromatic rings. The first-order chi connectivity index (χ1) is 13.4. The summed E-state index contributed by atoms with van der Waals surface area (Å²) in [5, 5.41) is 10.7. The summed E-state index contributed by atoms with van der Waals surface area (Å²) < 4.78 is 20.7. The first-order valence-corrected chi connectivity index (χ1v) is 9.38. The fourth-order valence-corrected chi connectivity index (χ4v) is 4.10. The molecular formula is C17H12FN3O5S2. The van der Waals surface area contributed by atoms with E-state index in [9.17, 15) is 24.1 Å². The smallest absolute Gasteiger partial charge is 0.325 e. The van der Waals surface area contributed by atoms with Crippen LogP contribution >= 0.6 is 22.7 Å². The largest absolute Gasteiger partial charge is 0.468 e. The molecule has 0 aliphatic rings. The summed E-state index contributed by atoms with van der Waals surface area (Å²) in [6.07, 6.45) is 2.56. The van der Waals surface area contributed by atoms with Crippen LogP contribution in [0.4, 0.5) is 9.39 Å². The molecule has 2 aromatic heterocycles. The molecular weight excluding hydrogens is 409 g/mol. The van der Waals surface area contributed by atoms with Crippen LogP contribution in [0.5, 0.6) is 0 Å². The highest BCUT2D eigenvalue weighted by atomic mass is 32.1. The van der Waals surface area contributed by atoms with Gasteiger partial charge in [-0.15, -0.1) is 0 Å². The van der Waals surface area contributed by atoms with Gasteiger partial charge in [0.2, 0.25) is 0 Å². The second-order valence-corrected chi connectivity index (χ2v) is 7.45. The molecule has 144 valence electrons. The Bertz CT molecular complexity index is 1180. The zero-order valence-corrected chi connectivity index (χ0v) is 16.0. The number of thiophene rings is 1. The number of amides is 1. The lowest BCUT2D eigenvalue weighted by molar-refractivity contribution is -0.380. The monoisotopic (exact) mass is 421 g/mol. The summed E-state index contributed by atoms with van der Waals surface area (Å²) in [5.41, 5.74) is 0.155. The van der Waals surface area contributed by atoms with Crippen molar-refractivity contribution >= 4 is 55.8 Å². The molecule has 1 amide bonds. The van der Waals surface area contributed by atoms with Crippen LogP contribution in [-0.2, 0) is 20.9 Å². The molecule has 3 rings (SSSR count). The fourth-order valence-electron chi connectivity index (χ4n) is 2.33. The molecule has 0 N–H and O–H groups in total. The van der Waals surface area contributed by atoms with Crippen LogP contribution in [0.3, 0.4) is 0 Å². The summed E-state index contributed by atoms with van der Waals surface area (Å²) >= 11 is 1.97. The van der Waals surface area contributed by atoms with Crippen molar-refractivity contribution in [2.24, 2.45) is 4.99 Å². The third kappa shape index (κ3) is 4.21. The second kappa shape index (κ2) is 8.23. The summed E-state index contributed by atoms with van der Waals surface area (Å²) in [4.78, 5) is 38.6. The molecule has 0 radical (unpaired) electrons. The Labute approximate surface area is 165 Å². The minimum Gasteiger partial charge on any atom is -0.468 e. The number of halogens is 1. The third-order valence-corrected chi connectivity index (χ3v) is 5.60. The summed E-state index contributed by atoms with van der Waals surface area (Å²) in [5.74, 6) is -1.81. The van der Waals surface area contributed by atoms with E-state index in [0.29, 0.717) is 9.58 Å². The topological polar surface area (TPSA) is 104 Å². The number of fused-ring (bicyclic) bond motifs is 1. The highest BCUT2D eigenvalue weighted by Gasteiger charge is 2.14. The predicted molar refractivity (Wildman–Crippen MR) is 102 cm³/mol. The average molecular weight is 421 g/mol. The number of carbonyl (C=O) groups is 2. The van der Waals surface area contributed by atoms with Crippen LogP contribution in [0, 0.1) is 15.9 Å². The zero-order chi connectivity index (χ0) is 20.3. The number of benzene rings is 1. The Morgan fingerprint density at radius 1 is 1.32 bits per heavy atom. The predicted octanol–water partition coefficient (Wildman–Crippen LogP) is 3.13. The first-order valence-electron chi connectivity index (χ1n) is 7.74. The second-order valence-electron chi connectivity index (χ2n) is 5.35. The molecule has 0 unspecified atom stereocenters. The van der Waals surface area contributed by atoms with Crippen molar-refractivity contribution in [3.63, 3.8) is 0 Å². The van der Waals surface area contributed by atoms with Crippen LogP contribution < -0.4 is 4.80 Å². The van der Waals surface area contributed by atoms with Crippen molar-refractivity contribution in [2.75, 3.05) is 7.11 Å². The molecule has 0 atom stereocenters. The van der Waals surface area contributed by atoms with Gasteiger partial charge in [0, 0.05) is 17.0 Å². The van der Waals surface area contributed by atoms with Gasteiger partial charge in [-0.05, 0) is 24.3 Å². The van der Waals surface area contributed by atoms with E-state index < -0.39 is 22.6 Å². The van der Waals surface area contributed by atoms with Crippen molar-refractivity contribution < 1.29 is 23.6 Å². The van der Waals surface area contributed by atoms with Gasteiger partial charge in [0.1, 0.15) is 12.4 Å². The van der Waals surface area contributed by atoms with E-state index in [1.165, 1.54) is 42.0 Å². The molecule has 28 heavy (non-hydrogen) atoms. The minimum atomic E-state index is -0.651. The van der Waals surface area contributed by atoms with Gasteiger partial charge in [0.15, 0.2) is 4.80 Å². The van der Waals surface area contributed by atoms with Crippen LogP contribution in [0.25, 0.3) is 16.3 Å². The molecule has 0 spiro atoms. The Morgan fingerprint density at radius 3 is 2.79 bits per heavy atom. The fraction of sp³-hybridized carbons (Fsp3) is 0.118. The molecule has 0 bridgehead atoms. The Balaban J connectivity index is 1.97. The molecule has 1 aromatic carbocycles. The standard InChI is InChI=1S/C17H12FN3O5S2/c1-26-15(23)9-20-16-11(18)3-2-4-12(16)28-17(20)19-13(22)7-5-10-6-8-14(27-10)21(24)25/h2-8H,9H2,1H3. The van der Waals surface area contributed by atoms with Crippen LogP contribution in [0.2, 0.25) is 0 Å². The maximum absolute atomic E-state index is 14.2. The van der Waals surface area contributed by atoms with Crippen molar-refractivity contribution in [3.8, 4) is 0 Å². The summed E-state index contributed by atoms with van der Waals surface area (Å²) in [6, 6.07) is 7.27. The molecule has 2 heterocycles. The van der Waals surface area contributed by atoms with E-state index in [-0.39, 0.29) is 21.9 Å². The van der Waals surface area contributed by atoms with Crippen molar-refractivity contribution in [3.05, 3.63) is 62.0 Å². The van der Waals surface area contributed by atoms with Crippen molar-refractivity contribution in [2.45, 2.75) is 6.54 Å². The van der Waals surface area contributed by atoms with E-state index in [2.05, 4.69) is 9.73 Å². The summed E-state index contributed by atoms with van der Waals surface area (Å²) in [6.45, 7) is -0.301. The van der Waals surface area contributed by atoms with Crippen LogP contribution in [-0.4, -0.2) is 28.5 Å². The number of hydrogen-bond acceptors (Lipinski definition) is 7. The van der Waals surface area contributed by atoms with Gasteiger partial charge in [-0.3, -0.25) is 19.7 Å². The Morgan fingerprint density at radius 2 is 2.11 bits per heavy atom. The van der Waals surface area contributed by atoms with E-state index in [4.69, 9.17) is 0 Å². The van der Waals surface area contributed by atoms with Gasteiger partial charge in [0.25, 0.3) is 5.91 Å². The van der Waals surface area contributed by atoms with E-state index in [1.807, 2.05) is 0 Å². The van der Waals surface area contributed by atoms with Crippen molar-refractivity contribution in [1.82, 2.24) is 4.57 Å². The highest BCUT2D eigenvalue weighted by molar-refractivity contribution is 7.16. The number of nitro groups is 1. The van der Waals surface area contributed by atoms with Crippen LogP contribution in [0.1, 0.15) is 4.88 Å². The van der Waals surface area contributed by atoms with Gasteiger partial charge in [-0.25, -0.2) is 4.39 Å². The maximum Gasteiger partial charge on any atom is 0.325 e. The number of nitrogens with zero attached hydrogens (tertiary/aromatic N) is 3. The highest BCUT2D eigenvalue weighted by Crippen LogP contribution is 2.25. The van der Waals surface area contributed by atoms with E-state index in [1.54, 1.807) is 6.07 Å².